The van der Waals surface area contributed by atoms with Gasteiger partial charge in [-0.25, -0.2) is 4.68 Å². The number of aromatic nitrogens is 2. The number of fused-ring (bicyclic) bond motifs is 1. The summed E-state index contributed by atoms with van der Waals surface area (Å²) >= 11 is 1.75. The van der Waals surface area contributed by atoms with E-state index in [1.165, 1.54) is 0 Å². The first kappa shape index (κ1) is 16.8. The summed E-state index contributed by atoms with van der Waals surface area (Å²) in [5.74, 6) is 1.23. The summed E-state index contributed by atoms with van der Waals surface area (Å²) in [6, 6.07) is 7.88. The lowest BCUT2D eigenvalue weighted by atomic mass is 10.2. The van der Waals surface area contributed by atoms with Crippen LogP contribution < -0.4 is 5.32 Å². The second-order valence-corrected chi connectivity index (χ2v) is 7.42. The Balaban J connectivity index is 1.61. The van der Waals surface area contributed by atoms with Gasteiger partial charge in [-0.15, -0.1) is 0 Å². The van der Waals surface area contributed by atoms with Crippen LogP contribution in [0.3, 0.4) is 0 Å². The molecule has 2 aromatic rings. The summed E-state index contributed by atoms with van der Waals surface area (Å²) in [7, 11) is 0. The highest BCUT2D eigenvalue weighted by molar-refractivity contribution is 7.98. The van der Waals surface area contributed by atoms with Crippen LogP contribution in [0.5, 0.6) is 0 Å². The summed E-state index contributed by atoms with van der Waals surface area (Å²) < 4.78 is 1.73. The number of carbonyl (C=O) groups is 3. The van der Waals surface area contributed by atoms with Gasteiger partial charge in [0.05, 0.1) is 11.4 Å². The maximum absolute atomic E-state index is 12.5. The molecular weight excluding hydrogens is 352 g/mol. The van der Waals surface area contributed by atoms with Crippen molar-refractivity contribution in [3.63, 3.8) is 0 Å². The van der Waals surface area contributed by atoms with Crippen molar-refractivity contribution < 1.29 is 14.4 Å². The molecule has 1 N–H and O–H groups in total. The summed E-state index contributed by atoms with van der Waals surface area (Å²) in [6.07, 6.45) is 0.360. The Hall–Kier alpha value is -2.61. The number of hydrogen-bond acceptors (Lipinski definition) is 5. The third-order valence-electron chi connectivity index (χ3n) is 4.54. The molecule has 8 heteroatoms. The summed E-state index contributed by atoms with van der Waals surface area (Å²) in [6.45, 7) is 1.76. The number of anilines is 1. The zero-order valence-electron chi connectivity index (χ0n) is 14.3. The fourth-order valence-corrected chi connectivity index (χ4v) is 4.16. The lowest BCUT2D eigenvalue weighted by Gasteiger charge is -2.15. The molecule has 4 rings (SSSR count). The molecule has 0 spiro atoms. The lowest BCUT2D eigenvalue weighted by molar-refractivity contribution is -0.141. The van der Waals surface area contributed by atoms with E-state index in [4.69, 9.17) is 0 Å². The standard InChI is InChI=1S/C18H18N4O3S/c1-11-2-4-12(5-3-11)22-18(13-9-26-10-14(13)20-22)19-15(23)8-21-16(24)6-7-17(21)25/h2-5H,6-10H2,1H3,(H,19,23). The van der Waals surface area contributed by atoms with Crippen molar-refractivity contribution in [2.75, 3.05) is 11.9 Å². The van der Waals surface area contributed by atoms with Gasteiger partial charge >= 0.3 is 0 Å². The first-order valence-corrected chi connectivity index (χ1v) is 9.57. The molecule has 26 heavy (non-hydrogen) atoms. The van der Waals surface area contributed by atoms with Crippen molar-refractivity contribution in [1.29, 1.82) is 0 Å². The number of thioether (sulfide) groups is 1. The quantitative estimate of drug-likeness (QED) is 0.833. The van der Waals surface area contributed by atoms with Crippen LogP contribution in [-0.2, 0) is 25.9 Å². The molecule has 0 aliphatic carbocycles. The highest BCUT2D eigenvalue weighted by Gasteiger charge is 2.31. The number of likely N-dealkylation sites (tertiary alicyclic amines) is 1. The SMILES string of the molecule is Cc1ccc(-n2nc3c(c2NC(=O)CN2C(=O)CCC2=O)CSC3)cc1. The fraction of sp³-hybridized carbons (Fsp3) is 0.333. The second kappa shape index (κ2) is 6.60. The maximum Gasteiger partial charge on any atom is 0.245 e. The molecule has 1 fully saturated rings. The third-order valence-corrected chi connectivity index (χ3v) is 5.52. The molecule has 3 amide bonds. The number of imide groups is 1. The average Bonchev–Trinajstić information content (AvgIpc) is 3.28. The van der Waals surface area contributed by atoms with Crippen molar-refractivity contribution in [2.45, 2.75) is 31.3 Å². The van der Waals surface area contributed by atoms with Crippen LogP contribution >= 0.6 is 11.8 Å². The predicted octanol–water partition coefficient (Wildman–Crippen LogP) is 2.02. The zero-order chi connectivity index (χ0) is 18.3. The molecule has 2 aliphatic rings. The summed E-state index contributed by atoms with van der Waals surface area (Å²) in [4.78, 5) is 37.0. The molecule has 134 valence electrons. The normalized spacial score (nSPS) is 16.3. The predicted molar refractivity (Wildman–Crippen MR) is 97.9 cm³/mol. The number of nitrogens with zero attached hydrogens (tertiary/aromatic N) is 3. The monoisotopic (exact) mass is 370 g/mol. The molecule has 2 aliphatic heterocycles. The number of aryl methyl sites for hydroxylation is 1. The Morgan fingerprint density at radius 1 is 1.15 bits per heavy atom. The Morgan fingerprint density at radius 3 is 2.54 bits per heavy atom. The number of rotatable bonds is 4. The lowest BCUT2D eigenvalue weighted by Crippen LogP contribution is -2.37. The zero-order valence-corrected chi connectivity index (χ0v) is 15.1. The van der Waals surface area contributed by atoms with Crippen LogP contribution in [0.25, 0.3) is 5.69 Å². The van der Waals surface area contributed by atoms with Crippen molar-refractivity contribution >= 4 is 35.3 Å². The van der Waals surface area contributed by atoms with Gasteiger partial charge in [-0.1, -0.05) is 17.7 Å². The fourth-order valence-electron chi connectivity index (χ4n) is 3.13. The molecule has 1 aromatic heterocycles. The van der Waals surface area contributed by atoms with Crippen molar-refractivity contribution in [2.24, 2.45) is 0 Å². The van der Waals surface area contributed by atoms with E-state index in [-0.39, 0.29) is 37.1 Å². The van der Waals surface area contributed by atoms with Gasteiger partial charge < -0.3 is 5.32 Å². The van der Waals surface area contributed by atoms with E-state index in [1.54, 1.807) is 16.4 Å². The van der Waals surface area contributed by atoms with Crippen molar-refractivity contribution in [3.05, 3.63) is 41.1 Å². The van der Waals surface area contributed by atoms with Gasteiger partial charge in [-0.05, 0) is 19.1 Å². The van der Waals surface area contributed by atoms with E-state index in [2.05, 4.69) is 10.4 Å². The van der Waals surface area contributed by atoms with Gasteiger partial charge in [0.2, 0.25) is 17.7 Å². The van der Waals surface area contributed by atoms with Gasteiger partial charge in [0.1, 0.15) is 12.4 Å². The van der Waals surface area contributed by atoms with E-state index >= 15 is 0 Å². The van der Waals surface area contributed by atoms with Crippen LogP contribution in [0.4, 0.5) is 5.82 Å². The molecule has 0 saturated carbocycles. The highest BCUT2D eigenvalue weighted by Crippen LogP contribution is 2.36. The maximum atomic E-state index is 12.5. The summed E-state index contributed by atoms with van der Waals surface area (Å²) in [5.41, 5.74) is 3.96. The highest BCUT2D eigenvalue weighted by atomic mass is 32.2. The largest absolute Gasteiger partial charge is 0.309 e. The number of benzene rings is 1. The Labute approximate surface area is 154 Å². The van der Waals surface area contributed by atoms with E-state index < -0.39 is 0 Å². The van der Waals surface area contributed by atoms with Crippen LogP contribution in [0.15, 0.2) is 24.3 Å². The molecule has 0 bridgehead atoms. The average molecular weight is 370 g/mol. The Kier molecular flexibility index (Phi) is 4.28. The van der Waals surface area contributed by atoms with E-state index in [0.29, 0.717) is 5.82 Å². The van der Waals surface area contributed by atoms with E-state index in [9.17, 15) is 14.4 Å². The van der Waals surface area contributed by atoms with E-state index in [0.717, 1.165) is 38.9 Å². The first-order chi connectivity index (χ1) is 12.5. The Bertz CT molecular complexity index is 888. The second-order valence-electron chi connectivity index (χ2n) is 6.44. The Morgan fingerprint density at radius 2 is 1.85 bits per heavy atom. The molecule has 3 heterocycles. The minimum atomic E-state index is -0.387. The van der Waals surface area contributed by atoms with Crippen LogP contribution in [-0.4, -0.2) is 38.9 Å². The van der Waals surface area contributed by atoms with Crippen LogP contribution in [0.1, 0.15) is 29.7 Å². The smallest absolute Gasteiger partial charge is 0.245 e. The third kappa shape index (κ3) is 3.01. The topological polar surface area (TPSA) is 84.3 Å². The molecule has 1 saturated heterocycles. The molecular formula is C18H18N4O3S. The first-order valence-electron chi connectivity index (χ1n) is 8.41. The van der Waals surface area contributed by atoms with Crippen molar-refractivity contribution in [3.8, 4) is 5.69 Å². The van der Waals surface area contributed by atoms with Crippen molar-refractivity contribution in [1.82, 2.24) is 14.7 Å². The van der Waals surface area contributed by atoms with Gasteiger partial charge in [0.15, 0.2) is 0 Å². The minimum absolute atomic E-state index is 0.180. The van der Waals surface area contributed by atoms with Gasteiger partial charge in [0, 0.05) is 29.9 Å². The molecule has 0 radical (unpaired) electrons. The number of amides is 3. The van der Waals surface area contributed by atoms with Gasteiger partial charge in [0.25, 0.3) is 0 Å². The molecule has 7 nitrogen and oxygen atoms in total. The summed E-state index contributed by atoms with van der Waals surface area (Å²) in [5, 5.41) is 7.51. The van der Waals surface area contributed by atoms with Crippen LogP contribution in [0, 0.1) is 6.92 Å². The van der Waals surface area contributed by atoms with Gasteiger partial charge in [-0.3, -0.25) is 19.3 Å². The molecule has 0 unspecified atom stereocenters. The number of hydrogen-bond donors (Lipinski definition) is 1. The minimum Gasteiger partial charge on any atom is -0.309 e. The van der Waals surface area contributed by atoms with E-state index in [1.807, 2.05) is 31.2 Å². The molecule has 0 atom stereocenters. The molecule has 1 aromatic carbocycles. The van der Waals surface area contributed by atoms with Gasteiger partial charge in [-0.2, -0.15) is 16.9 Å². The number of nitrogens with one attached hydrogen (secondary N) is 1. The number of carbonyl (C=O) groups excluding carboxylic acids is 3. The van der Waals surface area contributed by atoms with Crippen LogP contribution in [0.2, 0.25) is 0 Å².